The van der Waals surface area contributed by atoms with E-state index in [1.54, 1.807) is 10.9 Å². The molecule has 2 aliphatic heterocycles. The number of thiazole rings is 1. The molecule has 6 nitrogen and oxygen atoms in total. The Bertz CT molecular complexity index is 488. The average Bonchev–Trinajstić information content (AvgIpc) is 3.18. The molecule has 2 atom stereocenters. The first-order valence-corrected chi connectivity index (χ1v) is 8.95. The molecule has 122 valence electrons. The van der Waals surface area contributed by atoms with E-state index in [1.807, 2.05) is 0 Å². The van der Waals surface area contributed by atoms with Gasteiger partial charge in [0.05, 0.1) is 17.7 Å². The third-order valence-corrected chi connectivity index (χ3v) is 5.41. The number of aliphatic hydroxyl groups excluding tert-OH is 1. The van der Waals surface area contributed by atoms with E-state index >= 15 is 0 Å². The first-order valence-electron chi connectivity index (χ1n) is 8.01. The van der Waals surface area contributed by atoms with Gasteiger partial charge in [-0.1, -0.05) is 6.92 Å². The summed E-state index contributed by atoms with van der Waals surface area (Å²) in [6.45, 7) is 6.95. The third kappa shape index (κ3) is 3.48. The molecule has 3 heterocycles. The number of carbonyl (C=O) groups excluding carboxylic acids is 1. The van der Waals surface area contributed by atoms with E-state index in [9.17, 15) is 9.90 Å². The highest BCUT2D eigenvalue weighted by atomic mass is 32.1. The Morgan fingerprint density at radius 3 is 2.86 bits per heavy atom. The first kappa shape index (κ1) is 15.9. The second-order valence-corrected chi connectivity index (χ2v) is 6.86. The number of likely N-dealkylation sites (tertiary alicyclic amines) is 2. The SMILES string of the molecule is CCN1CCC(N2C[C@@H](O)[C@H](NC(=O)c3cscn3)C2)CC1. The lowest BCUT2D eigenvalue weighted by Gasteiger charge is -2.36. The Labute approximate surface area is 135 Å². The summed E-state index contributed by atoms with van der Waals surface area (Å²) in [5, 5.41) is 14.9. The number of piperidine rings is 1. The minimum absolute atomic E-state index is 0.187. The molecule has 2 aliphatic rings. The molecule has 7 heteroatoms. The van der Waals surface area contributed by atoms with E-state index in [1.165, 1.54) is 11.3 Å². The molecule has 2 fully saturated rings. The highest BCUT2D eigenvalue weighted by Gasteiger charge is 2.37. The van der Waals surface area contributed by atoms with Gasteiger partial charge in [0.1, 0.15) is 5.69 Å². The van der Waals surface area contributed by atoms with Gasteiger partial charge in [0.15, 0.2) is 0 Å². The van der Waals surface area contributed by atoms with Crippen LogP contribution in [0.15, 0.2) is 10.9 Å². The molecule has 22 heavy (non-hydrogen) atoms. The van der Waals surface area contributed by atoms with Gasteiger partial charge in [-0.2, -0.15) is 0 Å². The summed E-state index contributed by atoms with van der Waals surface area (Å²) < 4.78 is 0. The lowest BCUT2D eigenvalue weighted by atomic mass is 10.0. The van der Waals surface area contributed by atoms with Gasteiger partial charge in [0.2, 0.25) is 0 Å². The predicted molar refractivity (Wildman–Crippen MR) is 86.1 cm³/mol. The third-order valence-electron chi connectivity index (χ3n) is 4.82. The predicted octanol–water partition coefficient (Wildman–Crippen LogP) is 0.402. The van der Waals surface area contributed by atoms with Gasteiger partial charge in [0.25, 0.3) is 5.91 Å². The first-order chi connectivity index (χ1) is 10.7. The maximum Gasteiger partial charge on any atom is 0.271 e. The fraction of sp³-hybridized carbons (Fsp3) is 0.733. The standard InChI is InChI=1S/C15H24N4O2S/c1-2-18-5-3-11(4-6-18)19-7-12(14(20)8-19)17-15(21)13-9-22-10-16-13/h9-12,14,20H,2-8H2,1H3,(H,17,21)/t12-,14-/m1/s1. The quantitative estimate of drug-likeness (QED) is 0.839. The topological polar surface area (TPSA) is 68.7 Å². The fourth-order valence-corrected chi connectivity index (χ4v) is 3.96. The van der Waals surface area contributed by atoms with Crippen LogP contribution >= 0.6 is 11.3 Å². The molecule has 0 bridgehead atoms. The number of aliphatic hydroxyl groups is 1. The lowest BCUT2D eigenvalue weighted by molar-refractivity contribution is 0.0882. The van der Waals surface area contributed by atoms with Crippen LogP contribution < -0.4 is 5.32 Å². The Balaban J connectivity index is 1.52. The van der Waals surface area contributed by atoms with Crippen LogP contribution in [0.4, 0.5) is 0 Å². The Kier molecular flexibility index (Phi) is 5.07. The zero-order valence-electron chi connectivity index (χ0n) is 12.9. The maximum atomic E-state index is 12.1. The van der Waals surface area contributed by atoms with Gasteiger partial charge in [-0.3, -0.25) is 9.69 Å². The van der Waals surface area contributed by atoms with Crippen molar-refractivity contribution in [2.45, 2.75) is 38.0 Å². The van der Waals surface area contributed by atoms with Crippen LogP contribution in [0.5, 0.6) is 0 Å². The van der Waals surface area contributed by atoms with E-state index in [4.69, 9.17) is 0 Å². The van der Waals surface area contributed by atoms with Crippen molar-refractivity contribution in [1.82, 2.24) is 20.1 Å². The van der Waals surface area contributed by atoms with Crippen LogP contribution in [0, 0.1) is 0 Å². The fourth-order valence-electron chi connectivity index (χ4n) is 3.42. The molecular formula is C15H24N4O2S. The van der Waals surface area contributed by atoms with Crippen molar-refractivity contribution in [2.24, 2.45) is 0 Å². The molecule has 0 aliphatic carbocycles. The number of β-amino-alcohol motifs (C(OH)–C–C–N with tert-alkyl or cyclic N) is 1. The largest absolute Gasteiger partial charge is 0.390 e. The number of aromatic nitrogens is 1. The van der Waals surface area contributed by atoms with Crippen molar-refractivity contribution in [3.8, 4) is 0 Å². The minimum Gasteiger partial charge on any atom is -0.390 e. The number of hydrogen-bond acceptors (Lipinski definition) is 6. The Morgan fingerprint density at radius 1 is 1.45 bits per heavy atom. The zero-order valence-corrected chi connectivity index (χ0v) is 13.8. The summed E-state index contributed by atoms with van der Waals surface area (Å²) in [5.41, 5.74) is 2.08. The molecule has 3 rings (SSSR count). The maximum absolute atomic E-state index is 12.1. The number of hydrogen-bond donors (Lipinski definition) is 2. The van der Waals surface area contributed by atoms with E-state index in [-0.39, 0.29) is 11.9 Å². The molecule has 1 aromatic rings. The van der Waals surface area contributed by atoms with E-state index in [0.717, 1.165) is 39.0 Å². The van der Waals surface area contributed by atoms with Crippen molar-refractivity contribution in [2.75, 3.05) is 32.7 Å². The Morgan fingerprint density at radius 2 is 2.23 bits per heavy atom. The number of rotatable bonds is 4. The summed E-state index contributed by atoms with van der Waals surface area (Å²) in [5.74, 6) is -0.187. The van der Waals surface area contributed by atoms with Crippen molar-refractivity contribution in [3.05, 3.63) is 16.6 Å². The van der Waals surface area contributed by atoms with Gasteiger partial charge in [-0.25, -0.2) is 4.98 Å². The molecule has 1 amide bonds. The average molecular weight is 324 g/mol. The zero-order chi connectivity index (χ0) is 15.5. The number of nitrogens with zero attached hydrogens (tertiary/aromatic N) is 3. The summed E-state index contributed by atoms with van der Waals surface area (Å²) >= 11 is 1.40. The van der Waals surface area contributed by atoms with Gasteiger partial charge in [0, 0.05) is 24.5 Å². The molecular weight excluding hydrogens is 300 g/mol. The van der Waals surface area contributed by atoms with Gasteiger partial charge < -0.3 is 15.3 Å². The van der Waals surface area contributed by atoms with Crippen molar-refractivity contribution in [1.29, 1.82) is 0 Å². The molecule has 2 N–H and O–H groups in total. The van der Waals surface area contributed by atoms with Gasteiger partial charge in [-0.15, -0.1) is 11.3 Å². The molecule has 0 spiro atoms. The van der Waals surface area contributed by atoms with Crippen LogP contribution in [-0.4, -0.2) is 76.7 Å². The monoisotopic (exact) mass is 324 g/mol. The molecule has 0 radical (unpaired) electrons. The van der Waals surface area contributed by atoms with Gasteiger partial charge in [-0.05, 0) is 32.5 Å². The summed E-state index contributed by atoms with van der Waals surface area (Å²) in [6.07, 6.45) is 1.80. The second-order valence-electron chi connectivity index (χ2n) is 6.14. The molecule has 0 saturated carbocycles. The number of carbonyl (C=O) groups is 1. The van der Waals surface area contributed by atoms with Crippen molar-refractivity contribution < 1.29 is 9.90 Å². The van der Waals surface area contributed by atoms with Gasteiger partial charge >= 0.3 is 0 Å². The van der Waals surface area contributed by atoms with E-state index < -0.39 is 6.10 Å². The second kappa shape index (κ2) is 7.04. The van der Waals surface area contributed by atoms with Crippen LogP contribution in [0.2, 0.25) is 0 Å². The normalized spacial score (nSPS) is 28.1. The summed E-state index contributed by atoms with van der Waals surface area (Å²) in [6, 6.07) is 0.331. The van der Waals surface area contributed by atoms with Crippen LogP contribution in [0.1, 0.15) is 30.3 Å². The van der Waals surface area contributed by atoms with E-state index in [2.05, 4.69) is 27.0 Å². The molecule has 0 unspecified atom stereocenters. The lowest BCUT2D eigenvalue weighted by Crippen LogP contribution is -2.45. The van der Waals surface area contributed by atoms with Crippen LogP contribution in [0.25, 0.3) is 0 Å². The van der Waals surface area contributed by atoms with Crippen LogP contribution in [0.3, 0.4) is 0 Å². The molecule has 0 aromatic carbocycles. The molecule has 1 aromatic heterocycles. The smallest absolute Gasteiger partial charge is 0.271 e. The number of nitrogens with one attached hydrogen (secondary N) is 1. The van der Waals surface area contributed by atoms with Crippen LogP contribution in [-0.2, 0) is 0 Å². The highest BCUT2D eigenvalue weighted by Crippen LogP contribution is 2.22. The highest BCUT2D eigenvalue weighted by molar-refractivity contribution is 7.07. The minimum atomic E-state index is -0.494. The van der Waals surface area contributed by atoms with Crippen molar-refractivity contribution >= 4 is 17.2 Å². The Hall–Kier alpha value is -1.02. The van der Waals surface area contributed by atoms with E-state index in [0.29, 0.717) is 18.3 Å². The van der Waals surface area contributed by atoms with Crippen molar-refractivity contribution in [3.63, 3.8) is 0 Å². The number of amides is 1. The summed E-state index contributed by atoms with van der Waals surface area (Å²) in [7, 11) is 0. The molecule has 2 saturated heterocycles. The summed E-state index contributed by atoms with van der Waals surface area (Å²) in [4.78, 5) is 20.9.